The molecule has 58 heavy (non-hydrogen) atoms. The van der Waals surface area contributed by atoms with Crippen molar-refractivity contribution in [3.05, 3.63) is 53.4 Å². The van der Waals surface area contributed by atoms with Crippen molar-refractivity contribution in [3.8, 4) is 11.8 Å². The number of amides is 2. The highest BCUT2D eigenvalue weighted by molar-refractivity contribution is 7.90. The van der Waals surface area contributed by atoms with Gasteiger partial charge in [-0.05, 0) is 94.1 Å². The molecule has 2 aromatic rings. The first-order chi connectivity index (χ1) is 27.9. The molecule has 14 nitrogen and oxygen atoms in total. The Hall–Kier alpha value is -4.53. The predicted octanol–water partition coefficient (Wildman–Crippen LogP) is 4.77. The second kappa shape index (κ2) is 16.3. The third-order valence-corrected chi connectivity index (χ3v) is 15.4. The Balaban J connectivity index is 1.16. The summed E-state index contributed by atoms with van der Waals surface area (Å²) in [6.07, 6.45) is 12.8. The maximum Gasteiger partial charge on any atom is 0.306 e. The molecule has 15 heteroatoms. The maximum absolute atomic E-state index is 15.0. The van der Waals surface area contributed by atoms with Crippen molar-refractivity contribution in [3.63, 3.8) is 0 Å². The summed E-state index contributed by atoms with van der Waals surface area (Å²) in [5.74, 6) is -2.58. The van der Waals surface area contributed by atoms with Gasteiger partial charge in [0.05, 0.1) is 48.2 Å². The van der Waals surface area contributed by atoms with E-state index in [0.29, 0.717) is 29.5 Å². The van der Waals surface area contributed by atoms with Crippen LogP contribution in [0.25, 0.3) is 10.9 Å². The molecule has 312 valence electrons. The van der Waals surface area contributed by atoms with Crippen molar-refractivity contribution in [2.24, 2.45) is 29.1 Å². The third-order valence-electron chi connectivity index (χ3n) is 13.6. The fraction of sp³-hybridized carbons (Fsp3) is 0.628. The second-order valence-electron chi connectivity index (χ2n) is 17.3. The first-order valence-electron chi connectivity index (χ1n) is 21.0. The van der Waals surface area contributed by atoms with Gasteiger partial charge in [0.1, 0.15) is 23.3 Å². The van der Waals surface area contributed by atoms with E-state index in [0.717, 1.165) is 57.8 Å². The lowest BCUT2D eigenvalue weighted by atomic mass is 9.86. The normalized spacial score (nSPS) is 31.3. The molecule has 4 aliphatic carbocycles. The molecule has 1 N–H and O–H groups in total. The Morgan fingerprint density at radius 2 is 1.79 bits per heavy atom. The van der Waals surface area contributed by atoms with Crippen LogP contribution in [0.3, 0.4) is 0 Å². The number of ether oxygens (including phenoxy) is 3. The molecule has 0 unspecified atom stereocenters. The van der Waals surface area contributed by atoms with Crippen molar-refractivity contribution < 1.29 is 41.8 Å². The quantitative estimate of drug-likeness (QED) is 0.272. The van der Waals surface area contributed by atoms with Gasteiger partial charge in [-0.15, -0.1) is 6.58 Å². The van der Waals surface area contributed by atoms with E-state index < -0.39 is 62.3 Å². The van der Waals surface area contributed by atoms with Gasteiger partial charge in [0.2, 0.25) is 21.8 Å². The molecular formula is C43H54N4O10S. The summed E-state index contributed by atoms with van der Waals surface area (Å²) in [5, 5.41) is -0.325. The Bertz CT molecular complexity index is 2180. The minimum Gasteiger partial charge on any atom is -0.496 e. The zero-order valence-electron chi connectivity index (χ0n) is 33.1. The molecule has 1 aromatic carbocycles. The first kappa shape index (κ1) is 40.3. The number of ketones is 1. The number of hydrogen-bond acceptors (Lipinski definition) is 11. The Morgan fingerprint density at radius 1 is 1.02 bits per heavy atom. The highest BCUT2D eigenvalue weighted by Gasteiger charge is 2.61. The first-order valence-corrected chi connectivity index (χ1v) is 22.6. The highest BCUT2D eigenvalue weighted by atomic mass is 32.2. The SMILES string of the molecule is C=C[C@@H]1C[C@]1(CC(=O)[C@@H]1C[C@@H]2CN1C(=O)[C@H](C1CCCC1)CC(=O)O[C@@H]1CCC[C@H]1CC/C=C/Cn1c(nc3cccc(OC)c3c1=O)O2)C(=O)NS(=O)(=O)C1CC1. The summed E-state index contributed by atoms with van der Waals surface area (Å²) in [7, 11) is -2.39. The van der Waals surface area contributed by atoms with Gasteiger partial charge >= 0.3 is 5.97 Å². The van der Waals surface area contributed by atoms with Crippen LogP contribution in [0.5, 0.6) is 11.8 Å². The van der Waals surface area contributed by atoms with Crippen molar-refractivity contribution >= 4 is 44.5 Å². The van der Waals surface area contributed by atoms with Crippen LogP contribution in [0.4, 0.5) is 0 Å². The molecule has 2 aliphatic heterocycles. The van der Waals surface area contributed by atoms with Crippen LogP contribution in [-0.4, -0.2) is 83.6 Å². The summed E-state index contributed by atoms with van der Waals surface area (Å²) >= 11 is 0. The Morgan fingerprint density at radius 3 is 2.52 bits per heavy atom. The molecule has 6 aliphatic rings. The molecule has 8 rings (SSSR count). The number of hydrogen-bond donors (Lipinski definition) is 1. The fourth-order valence-corrected chi connectivity index (χ4v) is 11.4. The summed E-state index contributed by atoms with van der Waals surface area (Å²) in [6, 6.07) is 4.12. The van der Waals surface area contributed by atoms with Gasteiger partial charge in [-0.3, -0.25) is 33.3 Å². The Labute approximate surface area is 338 Å². The number of Topliss-reactive ketones (excluding diaryl/α,β-unsaturated/α-hetero) is 1. The van der Waals surface area contributed by atoms with E-state index in [-0.39, 0.29) is 74.2 Å². The lowest BCUT2D eigenvalue weighted by Gasteiger charge is -2.31. The summed E-state index contributed by atoms with van der Waals surface area (Å²) in [5.41, 5.74) is -1.32. The number of esters is 1. The predicted molar refractivity (Wildman–Crippen MR) is 213 cm³/mol. The number of nitrogens with one attached hydrogen (secondary N) is 1. The van der Waals surface area contributed by atoms with E-state index in [9.17, 15) is 32.4 Å². The van der Waals surface area contributed by atoms with Crippen LogP contribution in [0.1, 0.15) is 96.3 Å². The average Bonchev–Trinajstić information content (AvgIpc) is 3.99. The van der Waals surface area contributed by atoms with E-state index >= 15 is 0 Å². The zero-order chi connectivity index (χ0) is 40.8. The fourth-order valence-electron chi connectivity index (χ4n) is 10.0. The van der Waals surface area contributed by atoms with E-state index in [1.807, 2.05) is 12.2 Å². The van der Waals surface area contributed by atoms with Crippen molar-refractivity contribution in [1.82, 2.24) is 19.2 Å². The monoisotopic (exact) mass is 818 g/mol. The van der Waals surface area contributed by atoms with Crippen LogP contribution in [-0.2, 0) is 40.5 Å². The van der Waals surface area contributed by atoms with Gasteiger partial charge in [-0.2, -0.15) is 4.98 Å². The number of methoxy groups -OCH3 is 1. The number of carbonyl (C=O) groups is 4. The minimum atomic E-state index is -3.88. The van der Waals surface area contributed by atoms with Crippen LogP contribution in [0.2, 0.25) is 0 Å². The van der Waals surface area contributed by atoms with E-state index in [1.165, 1.54) is 16.6 Å². The number of sulfonamides is 1. The molecule has 7 atom stereocenters. The third kappa shape index (κ3) is 7.94. The van der Waals surface area contributed by atoms with E-state index in [1.54, 1.807) is 24.3 Å². The number of nitrogens with zero attached hydrogens (tertiary/aromatic N) is 3. The molecular weight excluding hydrogens is 765 g/mol. The van der Waals surface area contributed by atoms with E-state index in [2.05, 4.69) is 11.3 Å². The van der Waals surface area contributed by atoms with Gasteiger partial charge in [0.15, 0.2) is 5.78 Å². The second-order valence-corrected chi connectivity index (χ2v) is 19.3. The summed E-state index contributed by atoms with van der Waals surface area (Å²) in [6.45, 7) is 3.96. The number of allylic oxidation sites excluding steroid dienone is 3. The topological polar surface area (TPSA) is 180 Å². The average molecular weight is 819 g/mol. The molecule has 2 amide bonds. The number of carbonyl (C=O) groups excluding carboxylic acids is 4. The van der Waals surface area contributed by atoms with Gasteiger partial charge in [-0.25, -0.2) is 8.42 Å². The lowest BCUT2D eigenvalue weighted by Crippen LogP contribution is -2.47. The molecule has 1 saturated heterocycles. The highest BCUT2D eigenvalue weighted by Crippen LogP contribution is 2.57. The molecule has 4 saturated carbocycles. The number of benzene rings is 1. The van der Waals surface area contributed by atoms with Crippen molar-refractivity contribution in [2.45, 2.75) is 126 Å². The minimum absolute atomic E-state index is 0.0276. The molecule has 3 heterocycles. The number of fused-ring (bicyclic) bond motifs is 5. The zero-order valence-corrected chi connectivity index (χ0v) is 34.0. The number of aromatic nitrogens is 2. The smallest absolute Gasteiger partial charge is 0.306 e. The van der Waals surface area contributed by atoms with Crippen LogP contribution >= 0.6 is 0 Å². The molecule has 0 radical (unpaired) electrons. The molecule has 2 bridgehead atoms. The molecule has 0 spiro atoms. The summed E-state index contributed by atoms with van der Waals surface area (Å²) < 4.78 is 47.6. The van der Waals surface area contributed by atoms with Gasteiger partial charge in [-0.1, -0.05) is 37.1 Å². The van der Waals surface area contributed by atoms with E-state index in [4.69, 9.17) is 19.2 Å². The largest absolute Gasteiger partial charge is 0.496 e. The maximum atomic E-state index is 15.0. The van der Waals surface area contributed by atoms with Gasteiger partial charge < -0.3 is 19.1 Å². The molecule has 5 fully saturated rings. The van der Waals surface area contributed by atoms with Crippen LogP contribution in [0, 0.1) is 29.1 Å². The van der Waals surface area contributed by atoms with Gasteiger partial charge in [0.25, 0.3) is 11.6 Å². The molecule has 1 aromatic heterocycles. The van der Waals surface area contributed by atoms with Crippen molar-refractivity contribution in [1.29, 1.82) is 0 Å². The van der Waals surface area contributed by atoms with Gasteiger partial charge in [0, 0.05) is 19.4 Å². The Kier molecular flexibility index (Phi) is 11.3. The number of rotatable bonds is 9. The van der Waals surface area contributed by atoms with Crippen LogP contribution < -0.4 is 19.8 Å². The summed E-state index contributed by atoms with van der Waals surface area (Å²) in [4.78, 5) is 77.5. The lowest BCUT2D eigenvalue weighted by molar-refractivity contribution is -0.156. The van der Waals surface area contributed by atoms with Crippen LogP contribution in [0.15, 0.2) is 47.8 Å². The van der Waals surface area contributed by atoms with Crippen molar-refractivity contribution in [2.75, 3.05) is 13.7 Å². The standard InChI is InChI=1S/C43H54N4O10S/c1-3-28-23-43(28,41(52)45-58(53,54)30-18-19-30)24-34(48)33-21-29-25-47(33)39(50)31(26-11-6-7-12-26)22-37(49)57-35-16-9-14-27(35)13-5-4-8-20-46-40(51)38-32(44-42(46)56-29)15-10-17-36(38)55-2/h3-4,8,10,15,17,26-31,33,35H,1,5-7,9,11-14,16,18-25H2,2H3,(H,45,52)/b8-4+/t27-,28-,29-,31+,33+,35-,43-/m1/s1.